The summed E-state index contributed by atoms with van der Waals surface area (Å²) in [4.78, 5) is 1.50. The standard InChI is InChI=1S/C15H20BrF3N2/c1-11-6-12(2-3-14(11)16)7-20-8-13-4-5-21(9-13)10-15(17,18)19/h2-3,6,13,20H,4-5,7-10H2,1H3. The Morgan fingerprint density at radius 3 is 2.81 bits per heavy atom. The van der Waals surface area contributed by atoms with E-state index in [1.807, 2.05) is 13.0 Å². The van der Waals surface area contributed by atoms with Crippen molar-refractivity contribution < 1.29 is 13.2 Å². The number of alkyl halides is 3. The highest BCUT2D eigenvalue weighted by molar-refractivity contribution is 9.10. The van der Waals surface area contributed by atoms with Crippen molar-refractivity contribution in [2.75, 3.05) is 26.2 Å². The molecule has 6 heteroatoms. The van der Waals surface area contributed by atoms with Crippen LogP contribution in [0, 0.1) is 12.8 Å². The first-order chi connectivity index (χ1) is 9.83. The predicted molar refractivity (Wildman–Crippen MR) is 81.2 cm³/mol. The summed E-state index contributed by atoms with van der Waals surface area (Å²) in [5.41, 5.74) is 2.38. The number of hydrogen-bond donors (Lipinski definition) is 1. The van der Waals surface area contributed by atoms with Crippen LogP contribution in [0.2, 0.25) is 0 Å². The van der Waals surface area contributed by atoms with Gasteiger partial charge in [0.15, 0.2) is 0 Å². The predicted octanol–water partition coefficient (Wildman–Crippen LogP) is 3.73. The van der Waals surface area contributed by atoms with E-state index in [1.54, 1.807) is 0 Å². The van der Waals surface area contributed by atoms with Crippen molar-refractivity contribution in [1.29, 1.82) is 0 Å². The lowest BCUT2D eigenvalue weighted by molar-refractivity contribution is -0.143. The molecule has 0 bridgehead atoms. The van der Waals surface area contributed by atoms with Crippen LogP contribution in [0.1, 0.15) is 17.5 Å². The minimum absolute atomic E-state index is 0.309. The van der Waals surface area contributed by atoms with Crippen LogP contribution in [-0.2, 0) is 6.54 Å². The second-order valence-electron chi connectivity index (χ2n) is 5.72. The number of nitrogens with zero attached hydrogens (tertiary/aromatic N) is 1. The lowest BCUT2D eigenvalue weighted by Crippen LogP contribution is -2.33. The Balaban J connectivity index is 1.71. The van der Waals surface area contributed by atoms with Crippen LogP contribution in [0.5, 0.6) is 0 Å². The van der Waals surface area contributed by atoms with E-state index in [4.69, 9.17) is 0 Å². The van der Waals surface area contributed by atoms with E-state index in [0.29, 0.717) is 19.0 Å². The zero-order chi connectivity index (χ0) is 15.5. The Labute approximate surface area is 131 Å². The van der Waals surface area contributed by atoms with Gasteiger partial charge in [-0.1, -0.05) is 28.1 Å². The number of likely N-dealkylation sites (tertiary alicyclic amines) is 1. The van der Waals surface area contributed by atoms with Crippen molar-refractivity contribution in [3.05, 3.63) is 33.8 Å². The van der Waals surface area contributed by atoms with Crippen molar-refractivity contribution >= 4 is 15.9 Å². The lowest BCUT2D eigenvalue weighted by atomic mass is 10.1. The van der Waals surface area contributed by atoms with Gasteiger partial charge in [0, 0.05) is 17.6 Å². The third kappa shape index (κ3) is 5.60. The molecule has 21 heavy (non-hydrogen) atoms. The van der Waals surface area contributed by atoms with Crippen LogP contribution in [0.4, 0.5) is 13.2 Å². The van der Waals surface area contributed by atoms with Gasteiger partial charge in [0.1, 0.15) is 0 Å². The molecule has 1 unspecified atom stereocenters. The Kier molecular flexibility index (Phi) is 5.68. The van der Waals surface area contributed by atoms with E-state index in [1.165, 1.54) is 16.0 Å². The van der Waals surface area contributed by atoms with Crippen molar-refractivity contribution in [2.45, 2.75) is 26.1 Å². The lowest BCUT2D eigenvalue weighted by Gasteiger charge is -2.18. The average Bonchev–Trinajstić information content (AvgIpc) is 2.79. The minimum Gasteiger partial charge on any atom is -0.312 e. The molecule has 0 amide bonds. The fourth-order valence-electron chi connectivity index (χ4n) is 2.71. The molecule has 1 aliphatic heterocycles. The molecule has 1 heterocycles. The summed E-state index contributed by atoms with van der Waals surface area (Å²) < 4.78 is 38.0. The van der Waals surface area contributed by atoms with Gasteiger partial charge in [0.05, 0.1) is 6.54 Å². The van der Waals surface area contributed by atoms with E-state index in [9.17, 15) is 13.2 Å². The first kappa shape index (κ1) is 16.8. The normalized spacial score (nSPS) is 20.1. The van der Waals surface area contributed by atoms with Crippen molar-refractivity contribution in [3.8, 4) is 0 Å². The summed E-state index contributed by atoms with van der Waals surface area (Å²) in [5.74, 6) is 0.309. The Morgan fingerprint density at radius 1 is 1.38 bits per heavy atom. The molecule has 1 saturated heterocycles. The molecule has 118 valence electrons. The largest absolute Gasteiger partial charge is 0.401 e. The Hall–Kier alpha value is -0.590. The summed E-state index contributed by atoms with van der Waals surface area (Å²) in [6.45, 7) is 3.86. The van der Waals surface area contributed by atoms with Crippen molar-refractivity contribution in [3.63, 3.8) is 0 Å². The summed E-state index contributed by atoms with van der Waals surface area (Å²) in [5, 5.41) is 3.35. The highest BCUT2D eigenvalue weighted by atomic mass is 79.9. The second-order valence-corrected chi connectivity index (χ2v) is 6.57. The molecule has 2 rings (SSSR count). The van der Waals surface area contributed by atoms with Gasteiger partial charge in [-0.3, -0.25) is 4.90 Å². The molecule has 0 spiro atoms. The quantitative estimate of drug-likeness (QED) is 0.856. The SMILES string of the molecule is Cc1cc(CNCC2CCN(CC(F)(F)F)C2)ccc1Br. The van der Waals surface area contributed by atoms with E-state index in [0.717, 1.165) is 24.0 Å². The van der Waals surface area contributed by atoms with Crippen LogP contribution in [0.25, 0.3) is 0 Å². The molecule has 1 aromatic rings. The Bertz CT molecular complexity index is 476. The van der Waals surface area contributed by atoms with Crippen LogP contribution in [0.15, 0.2) is 22.7 Å². The van der Waals surface area contributed by atoms with Crippen molar-refractivity contribution in [1.82, 2.24) is 10.2 Å². The molecular formula is C15H20BrF3N2. The molecule has 1 N–H and O–H groups in total. The van der Waals surface area contributed by atoms with E-state index in [-0.39, 0.29) is 0 Å². The van der Waals surface area contributed by atoms with Crippen LogP contribution < -0.4 is 5.32 Å². The fourth-order valence-corrected chi connectivity index (χ4v) is 2.96. The third-order valence-electron chi connectivity index (χ3n) is 3.76. The summed E-state index contributed by atoms with van der Waals surface area (Å²) in [6, 6.07) is 6.18. The zero-order valence-electron chi connectivity index (χ0n) is 12.0. The van der Waals surface area contributed by atoms with Crippen molar-refractivity contribution in [2.24, 2.45) is 5.92 Å². The van der Waals surface area contributed by atoms with Crippen LogP contribution in [-0.4, -0.2) is 37.3 Å². The molecule has 0 saturated carbocycles. The molecule has 0 aromatic heterocycles. The summed E-state index contributed by atoms with van der Waals surface area (Å²) in [7, 11) is 0. The third-order valence-corrected chi connectivity index (χ3v) is 4.65. The Morgan fingerprint density at radius 2 is 2.14 bits per heavy atom. The van der Waals surface area contributed by atoms with Gasteiger partial charge < -0.3 is 5.32 Å². The van der Waals surface area contributed by atoms with E-state index < -0.39 is 12.7 Å². The fraction of sp³-hybridized carbons (Fsp3) is 0.600. The van der Waals surface area contributed by atoms with Gasteiger partial charge in [0.25, 0.3) is 0 Å². The van der Waals surface area contributed by atoms with Crippen LogP contribution in [0.3, 0.4) is 0 Å². The summed E-state index contributed by atoms with van der Waals surface area (Å²) in [6.07, 6.45) is -3.25. The first-order valence-electron chi connectivity index (χ1n) is 7.08. The highest BCUT2D eigenvalue weighted by Crippen LogP contribution is 2.22. The average molecular weight is 365 g/mol. The van der Waals surface area contributed by atoms with Gasteiger partial charge in [-0.15, -0.1) is 0 Å². The topological polar surface area (TPSA) is 15.3 Å². The molecule has 1 fully saturated rings. The number of nitrogens with one attached hydrogen (secondary N) is 1. The first-order valence-corrected chi connectivity index (χ1v) is 7.87. The highest BCUT2D eigenvalue weighted by Gasteiger charge is 2.34. The summed E-state index contributed by atoms with van der Waals surface area (Å²) >= 11 is 3.46. The van der Waals surface area contributed by atoms with E-state index >= 15 is 0 Å². The van der Waals surface area contributed by atoms with Gasteiger partial charge in [0.2, 0.25) is 0 Å². The van der Waals surface area contributed by atoms with E-state index in [2.05, 4.69) is 33.4 Å². The molecular weight excluding hydrogens is 345 g/mol. The molecule has 2 nitrogen and oxygen atoms in total. The molecule has 0 aliphatic carbocycles. The minimum atomic E-state index is -4.09. The molecule has 1 atom stereocenters. The molecule has 1 aromatic carbocycles. The maximum atomic E-state index is 12.3. The smallest absolute Gasteiger partial charge is 0.312 e. The van der Waals surface area contributed by atoms with Gasteiger partial charge in [-0.25, -0.2) is 0 Å². The maximum absolute atomic E-state index is 12.3. The molecule has 1 aliphatic rings. The van der Waals surface area contributed by atoms with Gasteiger partial charge in [-0.05, 0) is 49.5 Å². The number of hydrogen-bond acceptors (Lipinski definition) is 2. The zero-order valence-corrected chi connectivity index (χ0v) is 13.6. The second kappa shape index (κ2) is 7.11. The van der Waals surface area contributed by atoms with Gasteiger partial charge >= 0.3 is 6.18 Å². The number of rotatable bonds is 5. The van der Waals surface area contributed by atoms with Gasteiger partial charge in [-0.2, -0.15) is 13.2 Å². The number of halogens is 4. The molecule has 0 radical (unpaired) electrons. The monoisotopic (exact) mass is 364 g/mol. The van der Waals surface area contributed by atoms with Crippen LogP contribution >= 0.6 is 15.9 Å². The maximum Gasteiger partial charge on any atom is 0.401 e. The number of aryl methyl sites for hydroxylation is 1. The number of benzene rings is 1.